The SMILES string of the molecule is CC(OC(=O)c1ccccc1)C(C)(F)F. The van der Waals surface area contributed by atoms with Gasteiger partial charge in [0, 0.05) is 6.92 Å². The molecule has 15 heavy (non-hydrogen) atoms. The molecule has 82 valence electrons. The Balaban J connectivity index is 2.65. The lowest BCUT2D eigenvalue weighted by Gasteiger charge is -2.19. The minimum absolute atomic E-state index is 0.272. The van der Waals surface area contributed by atoms with Crippen molar-refractivity contribution < 1.29 is 18.3 Å². The monoisotopic (exact) mass is 214 g/mol. The van der Waals surface area contributed by atoms with E-state index in [-0.39, 0.29) is 5.56 Å². The molecule has 0 aromatic heterocycles. The zero-order valence-corrected chi connectivity index (χ0v) is 8.54. The summed E-state index contributed by atoms with van der Waals surface area (Å²) in [6.45, 7) is 1.89. The van der Waals surface area contributed by atoms with E-state index < -0.39 is 18.0 Å². The van der Waals surface area contributed by atoms with Gasteiger partial charge in [0.05, 0.1) is 5.56 Å². The average Bonchev–Trinajstić information content (AvgIpc) is 2.17. The van der Waals surface area contributed by atoms with Gasteiger partial charge in [-0.05, 0) is 19.1 Å². The second kappa shape index (κ2) is 4.38. The zero-order valence-electron chi connectivity index (χ0n) is 8.54. The fourth-order valence-electron chi connectivity index (χ4n) is 0.906. The minimum atomic E-state index is -3.02. The van der Waals surface area contributed by atoms with Crippen molar-refractivity contribution in [2.45, 2.75) is 25.9 Å². The molecule has 0 amide bonds. The van der Waals surface area contributed by atoms with Crippen LogP contribution in [0.25, 0.3) is 0 Å². The first-order valence-corrected chi connectivity index (χ1v) is 4.55. The summed E-state index contributed by atoms with van der Waals surface area (Å²) in [5, 5.41) is 0. The predicted octanol–water partition coefficient (Wildman–Crippen LogP) is 2.89. The second-order valence-electron chi connectivity index (χ2n) is 3.37. The molecule has 0 aliphatic carbocycles. The average molecular weight is 214 g/mol. The maximum absolute atomic E-state index is 12.7. The van der Waals surface area contributed by atoms with Crippen LogP contribution in [-0.4, -0.2) is 18.0 Å². The van der Waals surface area contributed by atoms with Crippen molar-refractivity contribution >= 4 is 5.97 Å². The summed E-state index contributed by atoms with van der Waals surface area (Å²) in [4.78, 5) is 11.3. The molecule has 1 aromatic carbocycles. The number of benzene rings is 1. The molecule has 0 fully saturated rings. The molecule has 0 N–H and O–H groups in total. The summed E-state index contributed by atoms with van der Waals surface area (Å²) >= 11 is 0. The number of ether oxygens (including phenoxy) is 1. The highest BCUT2D eigenvalue weighted by Crippen LogP contribution is 2.20. The molecule has 0 spiro atoms. The third kappa shape index (κ3) is 3.31. The van der Waals surface area contributed by atoms with Crippen LogP contribution in [0.15, 0.2) is 30.3 Å². The molecule has 0 bridgehead atoms. The summed E-state index contributed by atoms with van der Waals surface area (Å²) in [5.74, 6) is -3.76. The molecule has 1 aromatic rings. The lowest BCUT2D eigenvalue weighted by atomic mass is 10.2. The highest BCUT2D eigenvalue weighted by atomic mass is 19.3. The van der Waals surface area contributed by atoms with Crippen LogP contribution in [0.2, 0.25) is 0 Å². The summed E-state index contributed by atoms with van der Waals surface area (Å²) in [7, 11) is 0. The third-order valence-electron chi connectivity index (χ3n) is 2.01. The zero-order chi connectivity index (χ0) is 11.5. The van der Waals surface area contributed by atoms with Gasteiger partial charge in [0.15, 0.2) is 6.10 Å². The van der Waals surface area contributed by atoms with Crippen molar-refractivity contribution in [2.24, 2.45) is 0 Å². The molecular weight excluding hydrogens is 202 g/mol. The van der Waals surface area contributed by atoms with Gasteiger partial charge >= 0.3 is 5.97 Å². The molecule has 1 unspecified atom stereocenters. The van der Waals surface area contributed by atoms with E-state index in [4.69, 9.17) is 0 Å². The Labute approximate surface area is 86.9 Å². The van der Waals surface area contributed by atoms with Crippen LogP contribution in [-0.2, 0) is 4.74 Å². The maximum Gasteiger partial charge on any atom is 0.338 e. The van der Waals surface area contributed by atoms with Crippen LogP contribution in [0, 0.1) is 0 Å². The molecule has 4 heteroatoms. The van der Waals surface area contributed by atoms with Crippen LogP contribution >= 0.6 is 0 Å². The number of hydrogen-bond acceptors (Lipinski definition) is 2. The smallest absolute Gasteiger partial charge is 0.338 e. The molecule has 1 rings (SSSR count). The van der Waals surface area contributed by atoms with Gasteiger partial charge in [0.1, 0.15) is 0 Å². The van der Waals surface area contributed by atoms with Crippen LogP contribution in [0.3, 0.4) is 0 Å². The Morgan fingerprint density at radius 1 is 1.33 bits per heavy atom. The largest absolute Gasteiger partial charge is 0.453 e. The number of carbonyl (C=O) groups is 1. The van der Waals surface area contributed by atoms with Gasteiger partial charge in [-0.1, -0.05) is 18.2 Å². The number of halogens is 2. The fourth-order valence-corrected chi connectivity index (χ4v) is 0.906. The van der Waals surface area contributed by atoms with Gasteiger partial charge in [0.25, 0.3) is 5.92 Å². The fraction of sp³-hybridized carbons (Fsp3) is 0.364. The highest BCUT2D eigenvalue weighted by molar-refractivity contribution is 5.89. The van der Waals surface area contributed by atoms with Gasteiger partial charge < -0.3 is 4.74 Å². The van der Waals surface area contributed by atoms with Gasteiger partial charge in [0.2, 0.25) is 0 Å². The molecule has 1 atom stereocenters. The van der Waals surface area contributed by atoms with Crippen molar-refractivity contribution in [3.63, 3.8) is 0 Å². The lowest BCUT2D eigenvalue weighted by molar-refractivity contribution is -0.0934. The van der Waals surface area contributed by atoms with Gasteiger partial charge in [-0.25, -0.2) is 13.6 Å². The quantitative estimate of drug-likeness (QED) is 0.723. The topological polar surface area (TPSA) is 26.3 Å². The van der Waals surface area contributed by atoms with Crippen molar-refractivity contribution in [3.05, 3.63) is 35.9 Å². The molecule has 0 saturated carbocycles. The first-order chi connectivity index (χ1) is 6.91. The molecule has 0 aliphatic rings. The van der Waals surface area contributed by atoms with Crippen molar-refractivity contribution in [1.29, 1.82) is 0 Å². The summed E-state index contributed by atoms with van der Waals surface area (Å²) in [6, 6.07) is 8.05. The van der Waals surface area contributed by atoms with Crippen LogP contribution < -0.4 is 0 Å². The van der Waals surface area contributed by atoms with E-state index in [0.29, 0.717) is 0 Å². The molecule has 0 radical (unpaired) electrons. The van der Waals surface area contributed by atoms with Crippen LogP contribution in [0.1, 0.15) is 24.2 Å². The number of esters is 1. The second-order valence-corrected chi connectivity index (χ2v) is 3.37. The summed E-state index contributed by atoms with van der Waals surface area (Å²) < 4.78 is 30.0. The predicted molar refractivity (Wildman–Crippen MR) is 51.9 cm³/mol. The van der Waals surface area contributed by atoms with E-state index in [1.54, 1.807) is 18.2 Å². The van der Waals surface area contributed by atoms with E-state index >= 15 is 0 Å². The van der Waals surface area contributed by atoms with Gasteiger partial charge in [-0.15, -0.1) is 0 Å². The highest BCUT2D eigenvalue weighted by Gasteiger charge is 2.33. The van der Waals surface area contributed by atoms with E-state index in [2.05, 4.69) is 4.74 Å². The Morgan fingerprint density at radius 2 is 1.87 bits per heavy atom. The first-order valence-electron chi connectivity index (χ1n) is 4.55. The van der Waals surface area contributed by atoms with Gasteiger partial charge in [-0.2, -0.15) is 0 Å². The van der Waals surface area contributed by atoms with Crippen LogP contribution in [0.5, 0.6) is 0 Å². The lowest BCUT2D eigenvalue weighted by Crippen LogP contribution is -2.32. The van der Waals surface area contributed by atoms with E-state index in [0.717, 1.165) is 6.92 Å². The van der Waals surface area contributed by atoms with E-state index in [1.807, 2.05) is 0 Å². The molecule has 0 heterocycles. The Kier molecular flexibility index (Phi) is 3.39. The van der Waals surface area contributed by atoms with Crippen molar-refractivity contribution in [3.8, 4) is 0 Å². The molecular formula is C11H12F2O2. The van der Waals surface area contributed by atoms with E-state index in [9.17, 15) is 13.6 Å². The third-order valence-corrected chi connectivity index (χ3v) is 2.01. The minimum Gasteiger partial charge on any atom is -0.453 e. The number of rotatable bonds is 3. The molecule has 0 aliphatic heterocycles. The Hall–Kier alpha value is -1.45. The first kappa shape index (κ1) is 11.6. The number of carbonyl (C=O) groups excluding carboxylic acids is 1. The Bertz CT molecular complexity index is 330. The number of alkyl halides is 2. The molecule has 0 saturated heterocycles. The van der Waals surface area contributed by atoms with Crippen LogP contribution in [0.4, 0.5) is 8.78 Å². The van der Waals surface area contributed by atoms with Crippen molar-refractivity contribution in [2.75, 3.05) is 0 Å². The summed E-state index contributed by atoms with van der Waals surface area (Å²) in [6.07, 6.45) is -1.43. The normalized spacial score (nSPS) is 13.3. The van der Waals surface area contributed by atoms with E-state index in [1.165, 1.54) is 19.1 Å². The Morgan fingerprint density at radius 3 is 2.33 bits per heavy atom. The maximum atomic E-state index is 12.7. The molecule has 2 nitrogen and oxygen atoms in total. The number of hydrogen-bond donors (Lipinski definition) is 0. The summed E-state index contributed by atoms with van der Waals surface area (Å²) in [5.41, 5.74) is 0.272. The standard InChI is InChI=1S/C11H12F2O2/c1-8(11(2,12)13)15-10(14)9-6-4-3-5-7-9/h3-8H,1-2H3. The van der Waals surface area contributed by atoms with Crippen molar-refractivity contribution in [1.82, 2.24) is 0 Å². The van der Waals surface area contributed by atoms with Gasteiger partial charge in [-0.3, -0.25) is 0 Å².